The summed E-state index contributed by atoms with van der Waals surface area (Å²) in [6, 6.07) is 64.8. The molecule has 0 N–H and O–H groups in total. The summed E-state index contributed by atoms with van der Waals surface area (Å²) in [5.41, 5.74) is 16.3. The van der Waals surface area contributed by atoms with Crippen molar-refractivity contribution in [2.24, 2.45) is 0 Å². The zero-order valence-corrected chi connectivity index (χ0v) is 29.7. The summed E-state index contributed by atoms with van der Waals surface area (Å²) in [6.07, 6.45) is 0. The van der Waals surface area contributed by atoms with Crippen molar-refractivity contribution in [3.63, 3.8) is 0 Å². The average molecular weight is 657 g/mol. The van der Waals surface area contributed by atoms with Crippen molar-refractivity contribution in [1.29, 1.82) is 0 Å². The normalized spacial score (nSPS) is 13.4. The Hall–Kier alpha value is -5.80. The van der Waals surface area contributed by atoms with E-state index in [1.165, 1.54) is 61.4 Å². The maximum Gasteiger partial charge on any atom is 0.252 e. The van der Waals surface area contributed by atoms with Crippen LogP contribution in [0.1, 0.15) is 49.9 Å². The van der Waals surface area contributed by atoms with E-state index >= 15 is 0 Å². The quantitative estimate of drug-likeness (QED) is 0.164. The van der Waals surface area contributed by atoms with E-state index in [0.29, 0.717) is 0 Å². The Kier molecular flexibility index (Phi) is 7.29. The number of hydrogen-bond donors (Lipinski definition) is 0. The molecule has 51 heavy (non-hydrogen) atoms. The van der Waals surface area contributed by atoms with Gasteiger partial charge in [0.05, 0.1) is 0 Å². The maximum absolute atomic E-state index is 2.49. The third-order valence-corrected chi connectivity index (χ3v) is 11.5. The summed E-state index contributed by atoms with van der Waals surface area (Å²) < 4.78 is 0. The minimum Gasteiger partial charge on any atom is -0.311 e. The number of para-hydroxylation sites is 2. The van der Waals surface area contributed by atoms with Gasteiger partial charge in [-0.1, -0.05) is 155 Å². The fourth-order valence-electron chi connectivity index (χ4n) is 8.67. The van der Waals surface area contributed by atoms with Crippen molar-refractivity contribution in [2.45, 2.75) is 38.5 Å². The standard InChI is InChI=1S/C48H41BN2/c1-47(2,34-18-8-5-9-19-34)36-30-32-38(33-31-36)50-41-26-15-14-25-40(41)49-45-39(48(3,4)35-20-10-6-11-21-35)24-16-27-42(45)51(37-22-12-7-13-23-37)44-29-17-28-43(50)46(44)49/h5-33H,1-4H3. The van der Waals surface area contributed by atoms with E-state index in [-0.39, 0.29) is 17.5 Å². The Morgan fingerprint density at radius 2 is 0.784 bits per heavy atom. The maximum atomic E-state index is 2.49. The lowest BCUT2D eigenvalue weighted by molar-refractivity contribution is 0.641. The second-order valence-electron chi connectivity index (χ2n) is 15.0. The number of anilines is 6. The lowest BCUT2D eigenvalue weighted by atomic mass is 9.32. The predicted octanol–water partition coefficient (Wildman–Crippen LogP) is 10.4. The van der Waals surface area contributed by atoms with Crippen LogP contribution in [0.25, 0.3) is 0 Å². The Labute approximate surface area is 302 Å². The topological polar surface area (TPSA) is 6.48 Å². The smallest absolute Gasteiger partial charge is 0.252 e. The predicted molar refractivity (Wildman–Crippen MR) is 218 cm³/mol. The van der Waals surface area contributed by atoms with Gasteiger partial charge in [0.25, 0.3) is 6.71 Å². The fraction of sp³-hybridized carbons (Fsp3) is 0.125. The highest BCUT2D eigenvalue weighted by molar-refractivity contribution is 7.00. The lowest BCUT2D eigenvalue weighted by Gasteiger charge is -2.46. The molecule has 9 rings (SSSR count). The Balaban J connectivity index is 1.28. The van der Waals surface area contributed by atoms with Crippen LogP contribution in [0.15, 0.2) is 176 Å². The van der Waals surface area contributed by atoms with Crippen LogP contribution >= 0.6 is 0 Å². The Bertz CT molecular complexity index is 2360. The molecule has 0 spiro atoms. The molecule has 0 atom stereocenters. The Morgan fingerprint density at radius 1 is 0.353 bits per heavy atom. The molecule has 0 radical (unpaired) electrons. The van der Waals surface area contributed by atoms with Gasteiger partial charge in [-0.05, 0) is 87.2 Å². The van der Waals surface area contributed by atoms with Gasteiger partial charge in [0, 0.05) is 45.0 Å². The van der Waals surface area contributed by atoms with Gasteiger partial charge in [0.15, 0.2) is 0 Å². The summed E-state index contributed by atoms with van der Waals surface area (Å²) >= 11 is 0. The minimum absolute atomic E-state index is 0.0640. The van der Waals surface area contributed by atoms with Gasteiger partial charge in [-0.15, -0.1) is 0 Å². The minimum atomic E-state index is -0.227. The van der Waals surface area contributed by atoms with Crippen LogP contribution in [0.2, 0.25) is 0 Å². The van der Waals surface area contributed by atoms with Crippen molar-refractivity contribution in [1.82, 2.24) is 0 Å². The lowest BCUT2D eigenvalue weighted by Crippen LogP contribution is -2.63. The van der Waals surface area contributed by atoms with Gasteiger partial charge < -0.3 is 9.80 Å². The molecule has 2 aliphatic heterocycles. The number of hydrogen-bond acceptors (Lipinski definition) is 2. The van der Waals surface area contributed by atoms with Crippen LogP contribution in [0.5, 0.6) is 0 Å². The SMILES string of the molecule is CC(C)(c1ccccc1)c1ccc(N2c3ccccc3B3c4c2cccc4N(c2ccccc2)c2cccc(C(C)(C)c4ccccc4)c23)cc1. The van der Waals surface area contributed by atoms with E-state index in [1.807, 2.05) is 0 Å². The second-order valence-corrected chi connectivity index (χ2v) is 15.0. The molecule has 0 aromatic heterocycles. The molecular formula is C48H41BN2. The highest BCUT2D eigenvalue weighted by Gasteiger charge is 2.45. The van der Waals surface area contributed by atoms with Crippen molar-refractivity contribution >= 4 is 57.2 Å². The largest absolute Gasteiger partial charge is 0.311 e. The van der Waals surface area contributed by atoms with E-state index in [0.717, 1.165) is 11.4 Å². The fourth-order valence-corrected chi connectivity index (χ4v) is 8.67. The zero-order valence-electron chi connectivity index (χ0n) is 29.7. The zero-order chi connectivity index (χ0) is 34.7. The van der Waals surface area contributed by atoms with Crippen LogP contribution in [-0.4, -0.2) is 6.71 Å². The molecule has 246 valence electrons. The summed E-state index contributed by atoms with van der Waals surface area (Å²) in [7, 11) is 0. The molecular weight excluding hydrogens is 615 g/mol. The van der Waals surface area contributed by atoms with Gasteiger partial charge in [-0.25, -0.2) is 0 Å². The molecule has 0 bridgehead atoms. The van der Waals surface area contributed by atoms with Crippen molar-refractivity contribution in [3.8, 4) is 0 Å². The van der Waals surface area contributed by atoms with E-state index in [9.17, 15) is 0 Å². The number of fused-ring (bicyclic) bond motifs is 4. The van der Waals surface area contributed by atoms with E-state index in [4.69, 9.17) is 0 Å². The molecule has 0 unspecified atom stereocenters. The van der Waals surface area contributed by atoms with Crippen molar-refractivity contribution in [2.75, 3.05) is 9.80 Å². The highest BCUT2D eigenvalue weighted by atomic mass is 15.2. The van der Waals surface area contributed by atoms with Crippen LogP contribution in [-0.2, 0) is 10.8 Å². The summed E-state index contributed by atoms with van der Waals surface area (Å²) in [4.78, 5) is 4.98. The van der Waals surface area contributed by atoms with Crippen LogP contribution in [0.3, 0.4) is 0 Å². The van der Waals surface area contributed by atoms with Crippen LogP contribution in [0, 0.1) is 0 Å². The molecule has 0 amide bonds. The molecule has 0 saturated heterocycles. The molecule has 2 heterocycles. The third-order valence-electron chi connectivity index (χ3n) is 11.5. The van der Waals surface area contributed by atoms with Crippen LogP contribution < -0.4 is 26.2 Å². The molecule has 0 fully saturated rings. The molecule has 3 heteroatoms. The number of rotatable bonds is 6. The number of benzene rings is 7. The monoisotopic (exact) mass is 656 g/mol. The summed E-state index contributed by atoms with van der Waals surface area (Å²) in [5, 5.41) is 0. The number of nitrogens with zero attached hydrogens (tertiary/aromatic N) is 2. The first-order valence-corrected chi connectivity index (χ1v) is 18.1. The second kappa shape index (κ2) is 11.9. The highest BCUT2D eigenvalue weighted by Crippen LogP contribution is 2.46. The summed E-state index contributed by atoms with van der Waals surface area (Å²) in [5.74, 6) is 0. The van der Waals surface area contributed by atoms with Crippen molar-refractivity contribution in [3.05, 3.63) is 198 Å². The van der Waals surface area contributed by atoms with Crippen molar-refractivity contribution < 1.29 is 0 Å². The van der Waals surface area contributed by atoms with Gasteiger partial charge in [0.1, 0.15) is 0 Å². The molecule has 7 aromatic rings. The molecule has 2 nitrogen and oxygen atoms in total. The van der Waals surface area contributed by atoms with E-state index in [1.54, 1.807) is 0 Å². The van der Waals surface area contributed by atoms with Crippen LogP contribution in [0.4, 0.5) is 34.1 Å². The van der Waals surface area contributed by atoms with E-state index in [2.05, 4.69) is 213 Å². The Morgan fingerprint density at radius 3 is 1.41 bits per heavy atom. The van der Waals surface area contributed by atoms with E-state index < -0.39 is 0 Å². The first kappa shape index (κ1) is 31.2. The molecule has 0 saturated carbocycles. The van der Waals surface area contributed by atoms with Gasteiger partial charge in [-0.2, -0.15) is 0 Å². The summed E-state index contributed by atoms with van der Waals surface area (Å²) in [6.45, 7) is 9.46. The van der Waals surface area contributed by atoms with Gasteiger partial charge >= 0.3 is 0 Å². The van der Waals surface area contributed by atoms with Gasteiger partial charge in [-0.3, -0.25) is 0 Å². The average Bonchev–Trinajstić information content (AvgIpc) is 3.18. The molecule has 0 aliphatic carbocycles. The molecule has 2 aliphatic rings. The first-order chi connectivity index (χ1) is 24.9. The third kappa shape index (κ3) is 4.87. The first-order valence-electron chi connectivity index (χ1n) is 18.1. The molecule has 7 aromatic carbocycles. The van der Waals surface area contributed by atoms with Gasteiger partial charge in [0.2, 0.25) is 0 Å².